The van der Waals surface area contributed by atoms with Crippen molar-refractivity contribution >= 4 is 109 Å². The van der Waals surface area contributed by atoms with Crippen LogP contribution in [-0.2, 0) is 0 Å². The molecule has 0 bridgehead atoms. The lowest BCUT2D eigenvalue weighted by atomic mass is 9.83. The van der Waals surface area contributed by atoms with Crippen LogP contribution in [0.5, 0.6) is 0 Å². The molecule has 2 heterocycles. The van der Waals surface area contributed by atoms with Crippen molar-refractivity contribution in [3.8, 4) is 77.9 Å². The molecule has 398 valence electrons. The maximum atomic E-state index is 6.81. The van der Waals surface area contributed by atoms with Gasteiger partial charge in [0, 0.05) is 21.5 Å². The Bertz CT molecular complexity index is 5740. The van der Waals surface area contributed by atoms with E-state index in [1.807, 2.05) is 6.07 Å². The Hall–Kier alpha value is -11.3. The Balaban J connectivity index is 0.734. The largest absolute Gasteiger partial charge is 0.456 e. The minimum atomic E-state index is 0.866. The quantitative estimate of drug-likeness (QED) is 0.149. The minimum absolute atomic E-state index is 0.866. The normalized spacial score (nSPS) is 12.0. The van der Waals surface area contributed by atoms with Crippen LogP contribution >= 0.6 is 0 Å². The standard InChI is InChI=1S/C84H50O2/c1-2-18-53-45-55(37-35-51(53)17-1)54-20-15-21-58(46-54)81-66-25-5-7-27-68(66)82(69-28-8-6-26-67(69)81)60-41-44-79-76(49-60)64-42-39-57(50-80(64)86-79)56-38-36-52-19-16-33-62(74(52)47-56)61-22-3-4-24-65(61)84-72-31-11-9-29-70(72)83(71-30-10-12-32-73(71)84)59-40-43-78-75(48-59)63-23-13-14-34-77(63)85-78/h1-50H. The van der Waals surface area contributed by atoms with Gasteiger partial charge in [-0.3, -0.25) is 0 Å². The van der Waals surface area contributed by atoms with Crippen LogP contribution in [0.15, 0.2) is 312 Å². The van der Waals surface area contributed by atoms with Gasteiger partial charge in [0.25, 0.3) is 0 Å². The third-order valence-electron chi connectivity index (χ3n) is 18.2. The second-order valence-electron chi connectivity index (χ2n) is 22.9. The molecule has 0 saturated heterocycles. The van der Waals surface area contributed by atoms with Crippen LogP contribution in [-0.4, -0.2) is 0 Å². The number of furan rings is 2. The summed E-state index contributed by atoms with van der Waals surface area (Å²) in [5.41, 5.74) is 20.2. The van der Waals surface area contributed by atoms with Gasteiger partial charge in [-0.05, 0) is 203 Å². The van der Waals surface area contributed by atoms with Crippen LogP contribution in [0.3, 0.4) is 0 Å². The van der Waals surface area contributed by atoms with E-state index in [0.717, 1.165) is 60.6 Å². The number of hydrogen-bond acceptors (Lipinski definition) is 2. The van der Waals surface area contributed by atoms with Crippen molar-refractivity contribution in [2.75, 3.05) is 0 Å². The van der Waals surface area contributed by atoms with E-state index in [2.05, 4.69) is 297 Å². The minimum Gasteiger partial charge on any atom is -0.456 e. The molecular formula is C84H50O2. The van der Waals surface area contributed by atoms with Gasteiger partial charge in [0.05, 0.1) is 0 Å². The van der Waals surface area contributed by atoms with Crippen LogP contribution in [0.1, 0.15) is 0 Å². The van der Waals surface area contributed by atoms with Crippen LogP contribution in [0.4, 0.5) is 0 Å². The maximum absolute atomic E-state index is 6.81. The molecule has 0 atom stereocenters. The highest BCUT2D eigenvalue weighted by molar-refractivity contribution is 6.25. The first kappa shape index (κ1) is 48.2. The topological polar surface area (TPSA) is 26.3 Å². The number of para-hydroxylation sites is 1. The van der Waals surface area contributed by atoms with Crippen molar-refractivity contribution in [2.45, 2.75) is 0 Å². The molecule has 0 saturated carbocycles. The molecule has 0 N–H and O–H groups in total. The van der Waals surface area contributed by atoms with E-state index in [-0.39, 0.29) is 0 Å². The highest BCUT2D eigenvalue weighted by Gasteiger charge is 2.23. The molecule has 0 fully saturated rings. The van der Waals surface area contributed by atoms with Crippen molar-refractivity contribution in [3.63, 3.8) is 0 Å². The van der Waals surface area contributed by atoms with Crippen LogP contribution in [0, 0.1) is 0 Å². The molecule has 16 aromatic carbocycles. The summed E-state index contributed by atoms with van der Waals surface area (Å²) in [6, 6.07) is 111. The van der Waals surface area contributed by atoms with E-state index in [1.165, 1.54) is 126 Å². The highest BCUT2D eigenvalue weighted by Crippen LogP contribution is 2.50. The third kappa shape index (κ3) is 7.53. The van der Waals surface area contributed by atoms with E-state index in [1.54, 1.807) is 0 Å². The van der Waals surface area contributed by atoms with Crippen molar-refractivity contribution < 1.29 is 8.83 Å². The molecule has 0 aliphatic carbocycles. The van der Waals surface area contributed by atoms with Gasteiger partial charge >= 0.3 is 0 Å². The Labute approximate surface area is 495 Å². The summed E-state index contributed by atoms with van der Waals surface area (Å²) in [5, 5.41) is 19.1. The molecule has 0 unspecified atom stereocenters. The molecule has 0 spiro atoms. The second-order valence-corrected chi connectivity index (χ2v) is 22.9. The zero-order chi connectivity index (χ0) is 56.4. The Morgan fingerprint density at radius 3 is 1.15 bits per heavy atom. The molecule has 0 aliphatic heterocycles. The molecule has 2 nitrogen and oxygen atoms in total. The number of hydrogen-bond donors (Lipinski definition) is 0. The fourth-order valence-corrected chi connectivity index (χ4v) is 14.3. The van der Waals surface area contributed by atoms with Crippen molar-refractivity contribution in [1.82, 2.24) is 0 Å². The zero-order valence-electron chi connectivity index (χ0n) is 46.7. The summed E-state index contributed by atoms with van der Waals surface area (Å²) in [7, 11) is 0. The SMILES string of the molecule is c1cc(-c2ccc3ccccc3c2)cc(-c2c3ccccc3c(-c3ccc4oc5cc(-c6ccc7cccc(-c8ccccc8-c8c9ccccc9c(-c9ccc%10oc%11ccccc%11c%10c9)c9ccccc89)c7c6)ccc5c4c3)c3ccccc23)c1. The summed E-state index contributed by atoms with van der Waals surface area (Å²) >= 11 is 0. The van der Waals surface area contributed by atoms with Gasteiger partial charge in [0.15, 0.2) is 0 Å². The summed E-state index contributed by atoms with van der Waals surface area (Å²) in [5.74, 6) is 0. The third-order valence-corrected chi connectivity index (χ3v) is 18.2. The summed E-state index contributed by atoms with van der Waals surface area (Å²) < 4.78 is 13.1. The summed E-state index contributed by atoms with van der Waals surface area (Å²) in [4.78, 5) is 0. The predicted molar refractivity (Wildman–Crippen MR) is 364 cm³/mol. The van der Waals surface area contributed by atoms with E-state index in [0.29, 0.717) is 0 Å². The lowest BCUT2D eigenvalue weighted by Gasteiger charge is -2.20. The van der Waals surface area contributed by atoms with E-state index >= 15 is 0 Å². The predicted octanol–water partition coefficient (Wildman–Crippen LogP) is 24.1. The van der Waals surface area contributed by atoms with E-state index in [4.69, 9.17) is 8.83 Å². The highest BCUT2D eigenvalue weighted by atomic mass is 16.3. The van der Waals surface area contributed by atoms with Crippen molar-refractivity contribution in [2.24, 2.45) is 0 Å². The van der Waals surface area contributed by atoms with E-state index in [9.17, 15) is 0 Å². The maximum Gasteiger partial charge on any atom is 0.136 e. The second kappa shape index (κ2) is 19.1. The van der Waals surface area contributed by atoms with Gasteiger partial charge < -0.3 is 8.83 Å². The molecule has 18 aromatic rings. The first-order valence-corrected chi connectivity index (χ1v) is 29.6. The van der Waals surface area contributed by atoms with Gasteiger partial charge in [-0.15, -0.1) is 0 Å². The number of benzene rings is 16. The fraction of sp³-hybridized carbons (Fsp3) is 0. The number of rotatable bonds is 7. The first-order chi connectivity index (χ1) is 42.6. The van der Waals surface area contributed by atoms with Gasteiger partial charge in [0.2, 0.25) is 0 Å². The molecule has 86 heavy (non-hydrogen) atoms. The summed E-state index contributed by atoms with van der Waals surface area (Å²) in [6.45, 7) is 0. The summed E-state index contributed by atoms with van der Waals surface area (Å²) in [6.07, 6.45) is 0. The fourth-order valence-electron chi connectivity index (χ4n) is 14.3. The van der Waals surface area contributed by atoms with Crippen LogP contribution < -0.4 is 0 Å². The van der Waals surface area contributed by atoms with Crippen molar-refractivity contribution in [1.29, 1.82) is 0 Å². The van der Waals surface area contributed by atoms with Crippen LogP contribution in [0.25, 0.3) is 186 Å². The van der Waals surface area contributed by atoms with Crippen LogP contribution in [0.2, 0.25) is 0 Å². The molecule has 0 aliphatic rings. The lowest BCUT2D eigenvalue weighted by molar-refractivity contribution is 0.668. The van der Waals surface area contributed by atoms with Gasteiger partial charge in [-0.25, -0.2) is 0 Å². The van der Waals surface area contributed by atoms with Gasteiger partial charge in [-0.1, -0.05) is 243 Å². The average molecular weight is 1090 g/mol. The molecule has 2 heteroatoms. The van der Waals surface area contributed by atoms with Gasteiger partial charge in [0.1, 0.15) is 22.3 Å². The Kier molecular flexibility index (Phi) is 10.7. The first-order valence-electron chi connectivity index (χ1n) is 29.6. The molecule has 0 amide bonds. The lowest BCUT2D eigenvalue weighted by Crippen LogP contribution is -1.93. The van der Waals surface area contributed by atoms with Gasteiger partial charge in [-0.2, -0.15) is 0 Å². The molecular weight excluding hydrogens is 1040 g/mol. The van der Waals surface area contributed by atoms with E-state index < -0.39 is 0 Å². The molecule has 18 rings (SSSR count). The Morgan fingerprint density at radius 1 is 0.151 bits per heavy atom. The molecule has 0 radical (unpaired) electrons. The number of fused-ring (bicyclic) bond motifs is 12. The zero-order valence-corrected chi connectivity index (χ0v) is 46.7. The smallest absolute Gasteiger partial charge is 0.136 e. The average Bonchev–Trinajstić information content (AvgIpc) is 0.997. The molecule has 2 aromatic heterocycles. The van der Waals surface area contributed by atoms with Crippen molar-refractivity contribution in [3.05, 3.63) is 303 Å². The Morgan fingerprint density at radius 2 is 0.523 bits per heavy atom. The monoisotopic (exact) mass is 1090 g/mol.